The molecule has 0 bridgehead atoms. The minimum absolute atomic E-state index is 0.0620. The van der Waals surface area contributed by atoms with Crippen LogP contribution >= 0.6 is 11.6 Å². The molecule has 1 aromatic rings. The van der Waals surface area contributed by atoms with Crippen LogP contribution in [0.2, 0.25) is 5.02 Å². The summed E-state index contributed by atoms with van der Waals surface area (Å²) in [5.41, 5.74) is 2.55. The summed E-state index contributed by atoms with van der Waals surface area (Å²) >= 11 is 6.08. The normalized spacial score (nSPS) is 15.2. The molecule has 24 heavy (non-hydrogen) atoms. The quantitative estimate of drug-likeness (QED) is 0.543. The fourth-order valence-corrected chi connectivity index (χ4v) is 3.16. The Morgan fingerprint density at radius 1 is 1.25 bits per heavy atom. The first-order chi connectivity index (χ1) is 11.6. The molecule has 0 unspecified atom stereocenters. The first-order valence-electron chi connectivity index (χ1n) is 8.29. The fourth-order valence-electron chi connectivity index (χ4n) is 2.96. The minimum Gasteiger partial charge on any atom is -0.334 e. The lowest BCUT2D eigenvalue weighted by Crippen LogP contribution is -2.44. The molecule has 1 aromatic carbocycles. The Morgan fingerprint density at radius 3 is 2.62 bits per heavy atom. The van der Waals surface area contributed by atoms with E-state index in [1.54, 1.807) is 5.48 Å². The number of benzene rings is 1. The van der Waals surface area contributed by atoms with E-state index in [1.807, 2.05) is 29.2 Å². The number of amides is 3. The van der Waals surface area contributed by atoms with Gasteiger partial charge >= 0.3 is 6.03 Å². The Labute approximate surface area is 147 Å². The van der Waals surface area contributed by atoms with E-state index in [2.05, 4.69) is 5.32 Å². The molecule has 0 aliphatic carbocycles. The molecule has 6 nitrogen and oxygen atoms in total. The van der Waals surface area contributed by atoms with E-state index < -0.39 is 0 Å². The second-order valence-corrected chi connectivity index (χ2v) is 6.51. The van der Waals surface area contributed by atoms with Crippen LogP contribution in [-0.4, -0.2) is 35.1 Å². The van der Waals surface area contributed by atoms with E-state index in [9.17, 15) is 9.59 Å². The Hall–Kier alpha value is -1.79. The zero-order valence-corrected chi connectivity index (χ0v) is 14.4. The van der Waals surface area contributed by atoms with Crippen LogP contribution in [0, 0.1) is 5.92 Å². The average molecular weight is 354 g/mol. The molecule has 7 heteroatoms. The van der Waals surface area contributed by atoms with Gasteiger partial charge in [0, 0.05) is 31.1 Å². The Balaban J connectivity index is 1.67. The van der Waals surface area contributed by atoms with Crippen molar-refractivity contribution in [1.82, 2.24) is 15.7 Å². The number of nitrogens with zero attached hydrogens (tertiary/aromatic N) is 1. The van der Waals surface area contributed by atoms with Gasteiger partial charge in [-0.25, -0.2) is 10.3 Å². The average Bonchev–Trinajstić information content (AvgIpc) is 2.61. The molecule has 3 amide bonds. The Kier molecular flexibility index (Phi) is 7.34. The molecule has 0 saturated carbocycles. The van der Waals surface area contributed by atoms with E-state index in [0.29, 0.717) is 23.9 Å². The van der Waals surface area contributed by atoms with Gasteiger partial charge in [0.15, 0.2) is 0 Å². The van der Waals surface area contributed by atoms with Gasteiger partial charge in [0.2, 0.25) is 5.91 Å². The van der Waals surface area contributed by atoms with Crippen molar-refractivity contribution in [2.24, 2.45) is 5.92 Å². The van der Waals surface area contributed by atoms with Gasteiger partial charge in [0.05, 0.1) is 0 Å². The molecule has 1 aliphatic heterocycles. The Bertz CT molecular complexity index is 560. The number of hydroxylamine groups is 1. The van der Waals surface area contributed by atoms with Crippen LogP contribution in [0.25, 0.3) is 0 Å². The van der Waals surface area contributed by atoms with Crippen molar-refractivity contribution in [3.63, 3.8) is 0 Å². The van der Waals surface area contributed by atoms with Gasteiger partial charge < -0.3 is 10.2 Å². The lowest BCUT2D eigenvalue weighted by Gasteiger charge is -2.32. The van der Waals surface area contributed by atoms with Crippen molar-refractivity contribution >= 4 is 23.5 Å². The summed E-state index contributed by atoms with van der Waals surface area (Å²) in [5.74, 6) is 0.190. The molecular weight excluding hydrogens is 330 g/mol. The summed E-state index contributed by atoms with van der Waals surface area (Å²) in [7, 11) is 0. The van der Waals surface area contributed by atoms with Gasteiger partial charge in [0.25, 0.3) is 0 Å². The molecule has 0 aromatic heterocycles. The highest BCUT2D eigenvalue weighted by Crippen LogP contribution is 2.22. The second-order valence-electron chi connectivity index (χ2n) is 6.11. The largest absolute Gasteiger partial charge is 0.334 e. The summed E-state index contributed by atoms with van der Waals surface area (Å²) in [4.78, 5) is 25.0. The summed E-state index contributed by atoms with van der Waals surface area (Å²) in [6, 6.07) is 7.41. The van der Waals surface area contributed by atoms with E-state index in [-0.39, 0.29) is 11.9 Å². The second kappa shape index (κ2) is 9.49. The zero-order valence-electron chi connectivity index (χ0n) is 13.6. The number of carbonyl (C=O) groups excluding carboxylic acids is 2. The van der Waals surface area contributed by atoms with Crippen molar-refractivity contribution < 1.29 is 14.8 Å². The zero-order chi connectivity index (χ0) is 17.4. The van der Waals surface area contributed by atoms with Crippen molar-refractivity contribution in [2.45, 2.75) is 38.6 Å². The summed E-state index contributed by atoms with van der Waals surface area (Å²) < 4.78 is 0. The third-order valence-electron chi connectivity index (χ3n) is 4.43. The maximum atomic E-state index is 12.2. The molecule has 3 N–H and O–H groups in total. The number of piperidine rings is 1. The lowest BCUT2D eigenvalue weighted by molar-refractivity contribution is -0.129. The van der Waals surface area contributed by atoms with Gasteiger partial charge in [-0.15, -0.1) is 0 Å². The van der Waals surface area contributed by atoms with Crippen molar-refractivity contribution in [3.05, 3.63) is 34.9 Å². The van der Waals surface area contributed by atoms with Gasteiger partial charge in [-0.1, -0.05) is 29.8 Å². The highest BCUT2D eigenvalue weighted by molar-refractivity contribution is 6.31. The van der Waals surface area contributed by atoms with Gasteiger partial charge in [-0.3, -0.25) is 10.0 Å². The van der Waals surface area contributed by atoms with E-state index in [0.717, 1.165) is 44.3 Å². The number of urea groups is 1. The number of rotatable bonds is 6. The number of nitrogens with one attached hydrogen (secondary N) is 2. The molecule has 1 fully saturated rings. The number of likely N-dealkylation sites (tertiary alicyclic amines) is 1. The predicted molar refractivity (Wildman–Crippen MR) is 91.8 cm³/mol. The van der Waals surface area contributed by atoms with Gasteiger partial charge in [-0.2, -0.15) is 0 Å². The first-order valence-corrected chi connectivity index (χ1v) is 8.67. The van der Waals surface area contributed by atoms with Crippen LogP contribution in [-0.2, 0) is 11.3 Å². The van der Waals surface area contributed by atoms with Crippen LogP contribution in [0.4, 0.5) is 4.79 Å². The molecule has 1 aliphatic rings. The molecule has 0 atom stereocenters. The SMILES string of the molecule is O=C(CCCC1CCN(C(=O)NCc2ccccc2Cl)CC1)NO. The minimum atomic E-state index is -0.341. The topological polar surface area (TPSA) is 81.7 Å². The molecular formula is C17H24ClN3O3. The van der Waals surface area contributed by atoms with Crippen molar-refractivity contribution in [1.29, 1.82) is 0 Å². The monoisotopic (exact) mass is 353 g/mol. The maximum absolute atomic E-state index is 12.2. The molecule has 0 radical (unpaired) electrons. The van der Waals surface area contributed by atoms with Crippen LogP contribution in [0.15, 0.2) is 24.3 Å². The van der Waals surface area contributed by atoms with Crippen molar-refractivity contribution in [2.75, 3.05) is 13.1 Å². The van der Waals surface area contributed by atoms with Gasteiger partial charge in [0.1, 0.15) is 0 Å². The Morgan fingerprint density at radius 2 is 1.96 bits per heavy atom. The summed E-state index contributed by atoms with van der Waals surface area (Å²) in [5, 5.41) is 12.0. The predicted octanol–water partition coefficient (Wildman–Crippen LogP) is 2.94. The highest BCUT2D eigenvalue weighted by atomic mass is 35.5. The number of hydrogen-bond acceptors (Lipinski definition) is 3. The third kappa shape index (κ3) is 5.69. The van der Waals surface area contributed by atoms with Gasteiger partial charge in [-0.05, 0) is 43.2 Å². The molecule has 132 valence electrons. The molecule has 0 spiro atoms. The summed E-state index contributed by atoms with van der Waals surface area (Å²) in [6.07, 6.45) is 3.94. The summed E-state index contributed by atoms with van der Waals surface area (Å²) in [6.45, 7) is 1.88. The van der Waals surface area contributed by atoms with Crippen LogP contribution in [0.3, 0.4) is 0 Å². The van der Waals surface area contributed by atoms with E-state index in [1.165, 1.54) is 0 Å². The van der Waals surface area contributed by atoms with Crippen LogP contribution < -0.4 is 10.8 Å². The molecule has 1 saturated heterocycles. The maximum Gasteiger partial charge on any atom is 0.317 e. The first kappa shape index (κ1) is 18.5. The number of carbonyl (C=O) groups is 2. The number of hydrogen-bond donors (Lipinski definition) is 3. The van der Waals surface area contributed by atoms with Crippen LogP contribution in [0.5, 0.6) is 0 Å². The van der Waals surface area contributed by atoms with E-state index in [4.69, 9.17) is 16.8 Å². The van der Waals surface area contributed by atoms with Crippen molar-refractivity contribution in [3.8, 4) is 0 Å². The molecule has 2 rings (SSSR count). The smallest absolute Gasteiger partial charge is 0.317 e. The fraction of sp³-hybridized carbons (Fsp3) is 0.529. The number of halogens is 1. The van der Waals surface area contributed by atoms with E-state index >= 15 is 0 Å². The standard InChI is InChI=1S/C17H24ClN3O3/c18-15-6-2-1-5-14(15)12-19-17(23)21-10-8-13(9-11-21)4-3-7-16(22)20-24/h1-2,5-6,13,24H,3-4,7-12H2,(H,19,23)(H,20,22). The van der Waals surface area contributed by atoms with Crippen LogP contribution in [0.1, 0.15) is 37.7 Å². The highest BCUT2D eigenvalue weighted by Gasteiger charge is 2.22. The third-order valence-corrected chi connectivity index (χ3v) is 4.80. The lowest BCUT2D eigenvalue weighted by atomic mass is 9.91. The molecule has 1 heterocycles.